The fraction of sp³-hybridized carbons (Fsp3) is 0.226. The predicted octanol–water partition coefficient (Wildman–Crippen LogP) is 12.0. The number of fused-ring (bicyclic) bond motifs is 1. The molecule has 1 heterocycles. The van der Waals surface area contributed by atoms with Crippen molar-refractivity contribution in [2.24, 2.45) is 0 Å². The van der Waals surface area contributed by atoms with Crippen LogP contribution in [-0.2, 0) is 25.9 Å². The van der Waals surface area contributed by atoms with E-state index in [2.05, 4.69) is 63.6 Å². The van der Waals surface area contributed by atoms with Crippen LogP contribution in [0.5, 0.6) is 11.5 Å². The number of rotatable bonds is 14. The summed E-state index contributed by atoms with van der Waals surface area (Å²) in [5, 5.41) is 25.3. The monoisotopic (exact) mass is 797 g/mol. The number of hydrogen-bond donors (Lipinski definition) is 3. The minimum atomic E-state index is -0.285. The van der Waals surface area contributed by atoms with Gasteiger partial charge >= 0.3 is 5.69 Å². The maximum Gasteiger partial charge on any atom is 0.348 e. The molecule has 0 aliphatic heterocycles. The molecule has 1 aromatic heterocycles. The predicted molar refractivity (Wildman–Crippen MR) is 246 cm³/mol. The van der Waals surface area contributed by atoms with Crippen LogP contribution < -0.4 is 11.0 Å². The van der Waals surface area contributed by atoms with Crippen LogP contribution >= 0.6 is 0 Å². The highest BCUT2D eigenvalue weighted by Gasteiger charge is 2.22. The first-order valence-electron chi connectivity index (χ1n) is 20.8. The normalized spacial score (nSPS) is 11.1. The van der Waals surface area contributed by atoms with Crippen LogP contribution in [-0.4, -0.2) is 25.5 Å². The second-order valence-corrected chi connectivity index (χ2v) is 15.7. The molecule has 3 N–H and O–H groups in total. The summed E-state index contributed by atoms with van der Waals surface area (Å²) < 4.78 is 1.70. The Morgan fingerprint density at radius 2 is 1.30 bits per heavy atom. The highest BCUT2D eigenvalue weighted by molar-refractivity contribution is 6.13. The fourth-order valence-corrected chi connectivity index (χ4v) is 7.44. The third-order valence-electron chi connectivity index (χ3n) is 10.8. The number of ketones is 1. The topological polar surface area (TPSA) is 104 Å². The van der Waals surface area contributed by atoms with Crippen molar-refractivity contribution in [3.63, 3.8) is 0 Å². The summed E-state index contributed by atoms with van der Waals surface area (Å²) in [7, 11) is 0. The van der Waals surface area contributed by atoms with Gasteiger partial charge in [-0.25, -0.2) is 4.79 Å². The second kappa shape index (κ2) is 19.8. The summed E-state index contributed by atoms with van der Waals surface area (Å²) in [6, 6.07) is 42.8. The molecule has 6 aromatic carbocycles. The van der Waals surface area contributed by atoms with E-state index in [1.807, 2.05) is 103 Å². The molecule has 7 nitrogen and oxygen atoms in total. The zero-order valence-electron chi connectivity index (χ0n) is 35.3. The van der Waals surface area contributed by atoms with Crippen molar-refractivity contribution in [2.75, 3.05) is 5.32 Å². The Morgan fingerprint density at radius 1 is 0.733 bits per heavy atom. The number of aryl methyl sites for hydroxylation is 1. The molecule has 60 heavy (non-hydrogen) atoms. The van der Waals surface area contributed by atoms with Crippen molar-refractivity contribution in [3.8, 4) is 22.8 Å². The molecule has 7 aromatic rings. The van der Waals surface area contributed by atoms with E-state index in [4.69, 9.17) is 0 Å². The first-order chi connectivity index (χ1) is 29.0. The number of hydrogen-bond acceptors (Lipinski definition) is 6. The molecule has 7 heteroatoms. The molecule has 0 aliphatic carbocycles. The number of carbonyl (C=O) groups is 1. The maximum atomic E-state index is 13.4. The van der Waals surface area contributed by atoms with E-state index < -0.39 is 0 Å². The molecular weight excluding hydrogens is 743 g/mol. The first kappa shape index (κ1) is 42.9. The molecule has 0 saturated heterocycles. The standard InChI is InChI=1S/C27H28N2O2.C26H27NO2/c1-4-8-22-24(30)16-15-23-25(22)26(21-13-11-20(12-14-21)18(2)3)28-27(31)29(23)17-19-9-6-5-7-10-19;1-4-8-22-24(28)16-15-23(27-17-19-9-6-5-7-10-19)25(22)26(29)21-13-11-20(12-14-21)18(2)3/h5-7,9-16,18,30H,4,8,17H2,1-3H3;4-7,9-16,18,27-28H,1,8,17H2,2-3H3. The number of phenols is 2. The molecule has 0 amide bonds. The van der Waals surface area contributed by atoms with Gasteiger partial charge in [-0.3, -0.25) is 9.36 Å². The summed E-state index contributed by atoms with van der Waals surface area (Å²) in [6.07, 6.45) is 3.72. The molecule has 7 rings (SSSR count). The number of benzene rings is 6. The third-order valence-corrected chi connectivity index (χ3v) is 10.8. The van der Waals surface area contributed by atoms with Gasteiger partial charge in [-0.15, -0.1) is 6.58 Å². The van der Waals surface area contributed by atoms with Crippen LogP contribution in [0.1, 0.15) is 102 Å². The molecule has 0 radical (unpaired) electrons. The molecular formula is C53H55N3O4. The van der Waals surface area contributed by atoms with Gasteiger partial charge in [0.1, 0.15) is 11.5 Å². The van der Waals surface area contributed by atoms with Gasteiger partial charge in [0, 0.05) is 39.9 Å². The Labute approximate surface area is 353 Å². The number of nitrogens with zero attached hydrogens (tertiary/aromatic N) is 2. The highest BCUT2D eigenvalue weighted by Crippen LogP contribution is 2.35. The lowest BCUT2D eigenvalue weighted by atomic mass is 9.92. The van der Waals surface area contributed by atoms with E-state index in [1.54, 1.807) is 28.8 Å². The average molecular weight is 798 g/mol. The van der Waals surface area contributed by atoms with Crippen LogP contribution in [0, 0.1) is 0 Å². The maximum absolute atomic E-state index is 13.4. The molecule has 0 atom stereocenters. The Bertz CT molecular complexity index is 2610. The van der Waals surface area contributed by atoms with E-state index in [0.29, 0.717) is 65.8 Å². The second-order valence-electron chi connectivity index (χ2n) is 15.7. The minimum Gasteiger partial charge on any atom is -0.508 e. The van der Waals surface area contributed by atoms with Gasteiger partial charge < -0.3 is 15.5 Å². The van der Waals surface area contributed by atoms with Gasteiger partial charge in [0.2, 0.25) is 0 Å². The first-order valence-corrected chi connectivity index (χ1v) is 20.8. The van der Waals surface area contributed by atoms with Crippen molar-refractivity contribution in [1.82, 2.24) is 9.55 Å². The summed E-state index contributed by atoms with van der Waals surface area (Å²) in [5.41, 5.74) is 9.87. The lowest BCUT2D eigenvalue weighted by molar-refractivity contribution is 0.103. The summed E-state index contributed by atoms with van der Waals surface area (Å²) in [6.45, 7) is 15.5. The van der Waals surface area contributed by atoms with E-state index in [0.717, 1.165) is 39.6 Å². The molecule has 0 fully saturated rings. The van der Waals surface area contributed by atoms with E-state index in [1.165, 1.54) is 11.1 Å². The van der Waals surface area contributed by atoms with Crippen LogP contribution in [0.15, 0.2) is 151 Å². The summed E-state index contributed by atoms with van der Waals surface area (Å²) >= 11 is 0. The number of allylic oxidation sites excluding steroid dienone is 1. The fourth-order valence-electron chi connectivity index (χ4n) is 7.44. The Balaban J connectivity index is 0.000000202. The molecule has 306 valence electrons. The van der Waals surface area contributed by atoms with Crippen LogP contribution in [0.2, 0.25) is 0 Å². The lowest BCUT2D eigenvalue weighted by Crippen LogP contribution is -2.25. The SMILES string of the molecule is C=CCc1c(O)ccc(NCc2ccccc2)c1C(=O)c1ccc(C(C)C)cc1.CCCc1c(O)ccc2c1c(-c1ccc(C(C)C)cc1)nc(=O)n2Cc1ccccc1. The van der Waals surface area contributed by atoms with Gasteiger partial charge in [0.25, 0.3) is 0 Å². The number of aromatic nitrogens is 2. The molecule has 0 spiro atoms. The minimum absolute atomic E-state index is 0.108. The molecule has 0 unspecified atom stereocenters. The Hall–Kier alpha value is -6.73. The Morgan fingerprint density at radius 3 is 1.88 bits per heavy atom. The number of phenolic OH excluding ortho intramolecular Hbond substituents is 2. The van der Waals surface area contributed by atoms with Crippen molar-refractivity contribution in [2.45, 2.75) is 78.8 Å². The van der Waals surface area contributed by atoms with Crippen molar-refractivity contribution in [3.05, 3.63) is 201 Å². The average Bonchev–Trinajstić information content (AvgIpc) is 3.26. The van der Waals surface area contributed by atoms with Gasteiger partial charge in [0.05, 0.1) is 23.3 Å². The quantitative estimate of drug-likeness (QED) is 0.0575. The third kappa shape index (κ3) is 9.92. The van der Waals surface area contributed by atoms with Crippen LogP contribution in [0.4, 0.5) is 5.69 Å². The van der Waals surface area contributed by atoms with E-state index >= 15 is 0 Å². The van der Waals surface area contributed by atoms with Gasteiger partial charge in [-0.05, 0) is 71.2 Å². The van der Waals surface area contributed by atoms with Crippen molar-refractivity contribution >= 4 is 22.4 Å². The molecule has 0 aliphatic rings. The van der Waals surface area contributed by atoms with E-state index in [9.17, 15) is 19.8 Å². The van der Waals surface area contributed by atoms with Crippen molar-refractivity contribution in [1.29, 1.82) is 0 Å². The molecule has 0 bridgehead atoms. The van der Waals surface area contributed by atoms with E-state index in [-0.39, 0.29) is 23.0 Å². The van der Waals surface area contributed by atoms with Gasteiger partial charge in [-0.1, -0.05) is 156 Å². The zero-order chi connectivity index (χ0) is 42.8. The Kier molecular flexibility index (Phi) is 14.2. The van der Waals surface area contributed by atoms with Gasteiger partial charge in [-0.2, -0.15) is 4.98 Å². The number of aromatic hydroxyl groups is 2. The van der Waals surface area contributed by atoms with Crippen LogP contribution in [0.3, 0.4) is 0 Å². The number of carbonyl (C=O) groups excluding carboxylic acids is 1. The number of nitrogens with one attached hydrogen (secondary N) is 1. The highest BCUT2D eigenvalue weighted by atomic mass is 16.3. The summed E-state index contributed by atoms with van der Waals surface area (Å²) in [5.74, 6) is 1.08. The van der Waals surface area contributed by atoms with Crippen LogP contribution in [0.25, 0.3) is 22.2 Å². The van der Waals surface area contributed by atoms with Gasteiger partial charge in [0.15, 0.2) is 5.78 Å². The number of anilines is 1. The molecule has 0 saturated carbocycles. The smallest absolute Gasteiger partial charge is 0.348 e. The van der Waals surface area contributed by atoms with Crippen molar-refractivity contribution < 1.29 is 15.0 Å². The lowest BCUT2D eigenvalue weighted by Gasteiger charge is -2.17. The summed E-state index contributed by atoms with van der Waals surface area (Å²) in [4.78, 5) is 31.1. The largest absolute Gasteiger partial charge is 0.508 e. The zero-order valence-corrected chi connectivity index (χ0v) is 35.3.